The first kappa shape index (κ1) is 23.3. The molecular weight excluding hydrogens is 434 g/mol. The molecule has 1 saturated carbocycles. The van der Waals surface area contributed by atoms with Gasteiger partial charge in [0.05, 0.1) is 24.0 Å². The molecule has 2 N–H and O–H groups in total. The average molecular weight is 468 g/mol. The van der Waals surface area contributed by atoms with Crippen LogP contribution in [0.4, 0.5) is 11.8 Å². The van der Waals surface area contributed by atoms with Crippen molar-refractivity contribution in [1.82, 2.24) is 14.3 Å². The van der Waals surface area contributed by atoms with Gasteiger partial charge in [0, 0.05) is 44.4 Å². The summed E-state index contributed by atoms with van der Waals surface area (Å²) in [6.45, 7) is 2.85. The second-order valence-electron chi connectivity index (χ2n) is 9.20. The Morgan fingerprint density at radius 2 is 2.03 bits per heavy atom. The molecule has 178 valence electrons. The Labute approximate surface area is 189 Å². The first-order chi connectivity index (χ1) is 15.2. The lowest BCUT2D eigenvalue weighted by Gasteiger charge is -2.39. The summed E-state index contributed by atoms with van der Waals surface area (Å²) in [5.74, 6) is 1.00. The number of nitrogens with zero attached hydrogens (tertiary/aromatic N) is 4. The number of anilines is 2. The number of sulfonamides is 1. The molecule has 1 aromatic rings. The fourth-order valence-electron chi connectivity index (χ4n) is 4.97. The highest BCUT2D eigenvalue weighted by atomic mass is 32.2. The number of carbonyl (C=O) groups excluding carboxylic acids is 1. The van der Waals surface area contributed by atoms with Crippen LogP contribution in [-0.4, -0.2) is 83.9 Å². The molecular formula is C21H33N5O5S. The van der Waals surface area contributed by atoms with Gasteiger partial charge in [0.1, 0.15) is 5.82 Å². The van der Waals surface area contributed by atoms with Gasteiger partial charge in [-0.25, -0.2) is 17.7 Å². The van der Waals surface area contributed by atoms with Crippen LogP contribution in [0.2, 0.25) is 0 Å². The molecule has 3 aliphatic rings. The molecule has 0 bridgehead atoms. The maximum atomic E-state index is 12.8. The summed E-state index contributed by atoms with van der Waals surface area (Å²) in [5, 5.41) is 14.1. The van der Waals surface area contributed by atoms with Gasteiger partial charge in [0.2, 0.25) is 21.9 Å². The van der Waals surface area contributed by atoms with Gasteiger partial charge < -0.3 is 15.2 Å². The monoisotopic (exact) mass is 467 g/mol. The second kappa shape index (κ2) is 9.20. The lowest BCUT2D eigenvalue weighted by Crippen LogP contribution is -2.52. The number of carbonyl (C=O) groups is 1. The topological polar surface area (TPSA) is 125 Å². The summed E-state index contributed by atoms with van der Waals surface area (Å²) < 4.78 is 31.1. The van der Waals surface area contributed by atoms with E-state index in [2.05, 4.69) is 15.3 Å². The van der Waals surface area contributed by atoms with Gasteiger partial charge >= 0.3 is 0 Å². The number of ether oxygens (including phenoxy) is 1. The van der Waals surface area contributed by atoms with Crippen LogP contribution in [0.3, 0.4) is 0 Å². The van der Waals surface area contributed by atoms with Crippen molar-refractivity contribution in [1.29, 1.82) is 0 Å². The van der Waals surface area contributed by atoms with Crippen molar-refractivity contribution in [3.05, 3.63) is 11.8 Å². The highest BCUT2D eigenvalue weighted by Gasteiger charge is 2.45. The zero-order chi connectivity index (χ0) is 22.9. The Balaban J connectivity index is 1.45. The minimum atomic E-state index is -3.31. The van der Waals surface area contributed by atoms with E-state index in [-0.39, 0.29) is 30.4 Å². The maximum absolute atomic E-state index is 12.8. The molecule has 2 atom stereocenters. The number of methoxy groups -OCH3 is 1. The molecule has 1 aliphatic carbocycles. The number of amides is 1. The summed E-state index contributed by atoms with van der Waals surface area (Å²) in [5.41, 5.74) is -0.0128. The highest BCUT2D eigenvalue weighted by molar-refractivity contribution is 7.89. The molecule has 1 amide bonds. The van der Waals surface area contributed by atoms with E-state index in [9.17, 15) is 18.3 Å². The molecule has 32 heavy (non-hydrogen) atoms. The van der Waals surface area contributed by atoms with Gasteiger partial charge in [-0.1, -0.05) is 0 Å². The number of aryl methyl sites for hydroxylation is 1. The summed E-state index contributed by atoms with van der Waals surface area (Å²) in [4.78, 5) is 23.6. The molecule has 10 nitrogen and oxygen atoms in total. The predicted octanol–water partition coefficient (Wildman–Crippen LogP) is 0.912. The minimum absolute atomic E-state index is 0.00959. The van der Waals surface area contributed by atoms with E-state index in [0.29, 0.717) is 57.0 Å². The number of hydrogen-bond donors (Lipinski definition) is 2. The maximum Gasteiger partial charge on any atom is 0.228 e. The van der Waals surface area contributed by atoms with Crippen LogP contribution in [0, 0.1) is 0 Å². The normalized spacial score (nSPS) is 27.5. The SMILES string of the molecule is COCCS(=O)(=O)N1CCC(Nc2ncc3c(n2)N(C2CCCC2(C)O)C(=O)CC3)CC1. The van der Waals surface area contributed by atoms with Crippen LogP contribution in [0.15, 0.2) is 6.20 Å². The summed E-state index contributed by atoms with van der Waals surface area (Å²) in [7, 11) is -1.81. The third kappa shape index (κ3) is 4.75. The van der Waals surface area contributed by atoms with E-state index in [4.69, 9.17) is 4.74 Å². The van der Waals surface area contributed by atoms with Gasteiger partial charge in [-0.2, -0.15) is 4.98 Å². The molecule has 0 radical (unpaired) electrons. The van der Waals surface area contributed by atoms with Crippen molar-refractivity contribution in [3.63, 3.8) is 0 Å². The van der Waals surface area contributed by atoms with Gasteiger partial charge in [-0.3, -0.25) is 9.69 Å². The van der Waals surface area contributed by atoms with Gasteiger partial charge in [-0.05, 0) is 45.4 Å². The van der Waals surface area contributed by atoms with Crippen molar-refractivity contribution in [2.45, 2.75) is 69.6 Å². The highest BCUT2D eigenvalue weighted by Crippen LogP contribution is 2.39. The van der Waals surface area contributed by atoms with Crippen LogP contribution in [0.25, 0.3) is 0 Å². The number of nitrogens with one attached hydrogen (secondary N) is 1. The van der Waals surface area contributed by atoms with Crippen molar-refractivity contribution in [2.75, 3.05) is 42.8 Å². The van der Waals surface area contributed by atoms with Crippen LogP contribution < -0.4 is 10.2 Å². The third-order valence-electron chi connectivity index (χ3n) is 6.86. The van der Waals surface area contributed by atoms with Gasteiger partial charge in [-0.15, -0.1) is 0 Å². The van der Waals surface area contributed by atoms with E-state index in [0.717, 1.165) is 18.4 Å². The first-order valence-electron chi connectivity index (χ1n) is 11.3. The van der Waals surface area contributed by atoms with Crippen molar-refractivity contribution >= 4 is 27.7 Å². The minimum Gasteiger partial charge on any atom is -0.388 e. The molecule has 1 aromatic heterocycles. The quantitative estimate of drug-likeness (QED) is 0.606. The van der Waals surface area contributed by atoms with Crippen molar-refractivity contribution < 1.29 is 23.1 Å². The standard InChI is InChI=1S/C21H33N5O5S/c1-21(28)9-3-4-17(21)26-18(27)6-5-15-14-22-20(24-19(15)26)23-16-7-10-25(11-8-16)32(29,30)13-12-31-2/h14,16-17,28H,3-13H2,1-2H3,(H,22,23,24). The molecule has 11 heteroatoms. The molecule has 0 spiro atoms. The summed E-state index contributed by atoms with van der Waals surface area (Å²) in [6.07, 6.45) is 6.33. The largest absolute Gasteiger partial charge is 0.388 e. The zero-order valence-corrected chi connectivity index (χ0v) is 19.6. The lowest BCUT2D eigenvalue weighted by molar-refractivity contribution is -0.120. The number of hydrogen-bond acceptors (Lipinski definition) is 8. The van der Waals surface area contributed by atoms with Gasteiger partial charge in [0.15, 0.2) is 0 Å². The van der Waals surface area contributed by atoms with E-state index >= 15 is 0 Å². The number of aromatic nitrogens is 2. The van der Waals surface area contributed by atoms with E-state index in [1.165, 1.54) is 11.4 Å². The number of piperidine rings is 1. The molecule has 3 heterocycles. The molecule has 0 aromatic carbocycles. The molecule has 2 aliphatic heterocycles. The van der Waals surface area contributed by atoms with Crippen LogP contribution in [-0.2, 0) is 26.0 Å². The Bertz CT molecular complexity index is 946. The van der Waals surface area contributed by atoms with Crippen LogP contribution in [0.5, 0.6) is 0 Å². The fourth-order valence-corrected chi connectivity index (χ4v) is 6.37. The summed E-state index contributed by atoms with van der Waals surface area (Å²) >= 11 is 0. The smallest absolute Gasteiger partial charge is 0.228 e. The van der Waals surface area contributed by atoms with E-state index < -0.39 is 15.6 Å². The average Bonchev–Trinajstić information content (AvgIpc) is 3.11. The zero-order valence-electron chi connectivity index (χ0n) is 18.8. The lowest BCUT2D eigenvalue weighted by atomic mass is 9.95. The van der Waals surface area contributed by atoms with Crippen molar-refractivity contribution in [2.24, 2.45) is 0 Å². The van der Waals surface area contributed by atoms with Crippen LogP contribution >= 0.6 is 0 Å². The Morgan fingerprint density at radius 3 is 2.69 bits per heavy atom. The number of fused-ring (bicyclic) bond motifs is 1. The molecule has 1 saturated heterocycles. The molecule has 2 unspecified atom stereocenters. The summed E-state index contributed by atoms with van der Waals surface area (Å²) in [6, 6.07) is -0.235. The number of rotatable bonds is 7. The van der Waals surface area contributed by atoms with Gasteiger partial charge in [0.25, 0.3) is 0 Å². The molecule has 2 fully saturated rings. The number of aliphatic hydroxyl groups is 1. The third-order valence-corrected chi connectivity index (χ3v) is 8.70. The van der Waals surface area contributed by atoms with E-state index in [1.54, 1.807) is 18.0 Å². The predicted molar refractivity (Wildman–Crippen MR) is 120 cm³/mol. The van der Waals surface area contributed by atoms with Crippen LogP contribution in [0.1, 0.15) is 51.0 Å². The Kier molecular flexibility index (Phi) is 6.71. The van der Waals surface area contributed by atoms with E-state index in [1.807, 2.05) is 0 Å². The van der Waals surface area contributed by atoms with Crippen molar-refractivity contribution in [3.8, 4) is 0 Å². The Hall–Kier alpha value is -1.82. The molecule has 4 rings (SSSR count). The fraction of sp³-hybridized carbons (Fsp3) is 0.762. The Morgan fingerprint density at radius 1 is 1.28 bits per heavy atom. The second-order valence-corrected chi connectivity index (χ2v) is 11.3. The first-order valence-corrected chi connectivity index (χ1v) is 13.0.